The van der Waals surface area contributed by atoms with Gasteiger partial charge in [-0.1, -0.05) is 37.8 Å². The van der Waals surface area contributed by atoms with Crippen LogP contribution in [0.25, 0.3) is 33.3 Å². The first-order chi connectivity index (χ1) is 13.0. The van der Waals surface area contributed by atoms with Gasteiger partial charge in [0.25, 0.3) is 0 Å². The Labute approximate surface area is 164 Å². The normalized spacial score (nSPS) is 11.2. The zero-order valence-corrected chi connectivity index (χ0v) is 15.3. The summed E-state index contributed by atoms with van der Waals surface area (Å²) in [6.07, 6.45) is 3.65. The van der Waals surface area contributed by atoms with Crippen molar-refractivity contribution in [1.29, 1.82) is 0 Å². The van der Waals surface area contributed by atoms with E-state index in [9.17, 15) is 8.42 Å². The van der Waals surface area contributed by atoms with Gasteiger partial charge < -0.3 is 9.72 Å². The van der Waals surface area contributed by atoms with Crippen molar-refractivity contribution in [2.75, 3.05) is 7.11 Å². The highest BCUT2D eigenvalue weighted by atomic mass is 32.2. The van der Waals surface area contributed by atoms with E-state index in [1.54, 1.807) is 25.4 Å². The fraction of sp³-hybridized carbons (Fsp3) is 0.0952. The number of benzene rings is 2. The van der Waals surface area contributed by atoms with Crippen LogP contribution in [0.2, 0.25) is 0 Å². The lowest BCUT2D eigenvalue weighted by Gasteiger charge is -2.08. The van der Waals surface area contributed by atoms with Crippen LogP contribution in [0.4, 0.5) is 0 Å². The number of nitrogens with one attached hydrogen (secondary N) is 1. The first-order valence-corrected chi connectivity index (χ1v) is 9.76. The summed E-state index contributed by atoms with van der Waals surface area (Å²) in [6.45, 7) is 0. The zero-order chi connectivity index (χ0) is 19.0. The van der Waals surface area contributed by atoms with Crippen LogP contribution in [-0.4, -0.2) is 25.5 Å². The van der Waals surface area contributed by atoms with Gasteiger partial charge in [-0.3, -0.25) is 0 Å². The van der Waals surface area contributed by atoms with Gasteiger partial charge in [0.15, 0.2) is 0 Å². The molecule has 0 radical (unpaired) electrons. The number of primary sulfonamides is 1. The molecule has 3 N–H and O–H groups in total. The van der Waals surface area contributed by atoms with Crippen molar-refractivity contribution < 1.29 is 13.2 Å². The SMILES string of the molecule is C.COc1ccccc1-c1c[nH]c2ncc(-c3ccc(S(N)(=O)=O)cc3)cc12. The van der Waals surface area contributed by atoms with Gasteiger partial charge >= 0.3 is 0 Å². The highest BCUT2D eigenvalue weighted by Crippen LogP contribution is 2.35. The molecular formula is C21H21N3O3S. The molecule has 0 amide bonds. The van der Waals surface area contributed by atoms with E-state index in [2.05, 4.69) is 9.97 Å². The number of ether oxygens (including phenoxy) is 1. The van der Waals surface area contributed by atoms with Crippen molar-refractivity contribution in [3.63, 3.8) is 0 Å². The molecule has 0 spiro atoms. The third kappa shape index (κ3) is 3.49. The van der Waals surface area contributed by atoms with Gasteiger partial charge in [-0.25, -0.2) is 18.5 Å². The number of rotatable bonds is 4. The number of aromatic nitrogens is 2. The summed E-state index contributed by atoms with van der Waals surface area (Å²) in [6, 6.07) is 16.2. The molecule has 0 atom stereocenters. The topological polar surface area (TPSA) is 98.1 Å². The standard InChI is InChI=1S/C20H17N3O3S.CH4/c1-26-19-5-3-2-4-16(19)18-12-23-20-17(18)10-14(11-22-20)13-6-8-15(9-7-13)27(21,24)25;/h2-12H,1H3,(H,22,23)(H2,21,24,25);1H4. The van der Waals surface area contributed by atoms with Crippen LogP contribution in [0.5, 0.6) is 5.75 Å². The van der Waals surface area contributed by atoms with Gasteiger partial charge in [0.1, 0.15) is 11.4 Å². The molecule has 0 aliphatic carbocycles. The minimum Gasteiger partial charge on any atom is -0.496 e. The summed E-state index contributed by atoms with van der Waals surface area (Å²) in [7, 11) is -2.07. The van der Waals surface area contributed by atoms with Crippen LogP contribution < -0.4 is 9.88 Å². The summed E-state index contributed by atoms with van der Waals surface area (Å²) in [5.74, 6) is 0.779. The second-order valence-corrected chi connectivity index (χ2v) is 7.65. The number of para-hydroxylation sites is 1. The molecule has 4 rings (SSSR count). The number of hydrogen-bond donors (Lipinski definition) is 2. The van der Waals surface area contributed by atoms with E-state index in [1.165, 1.54) is 12.1 Å². The number of sulfonamides is 1. The van der Waals surface area contributed by atoms with E-state index in [4.69, 9.17) is 9.88 Å². The molecule has 2 heterocycles. The van der Waals surface area contributed by atoms with Crippen LogP contribution in [-0.2, 0) is 10.0 Å². The maximum absolute atomic E-state index is 11.4. The van der Waals surface area contributed by atoms with E-state index < -0.39 is 10.0 Å². The molecule has 7 heteroatoms. The lowest BCUT2D eigenvalue weighted by molar-refractivity contribution is 0.416. The maximum atomic E-state index is 11.4. The number of nitrogens with zero attached hydrogens (tertiary/aromatic N) is 1. The zero-order valence-electron chi connectivity index (χ0n) is 14.5. The van der Waals surface area contributed by atoms with E-state index in [0.717, 1.165) is 39.0 Å². The minimum atomic E-state index is -3.71. The lowest BCUT2D eigenvalue weighted by Crippen LogP contribution is -2.11. The van der Waals surface area contributed by atoms with Gasteiger partial charge in [-0.05, 0) is 29.8 Å². The Morgan fingerprint density at radius 3 is 2.39 bits per heavy atom. The molecule has 144 valence electrons. The predicted molar refractivity (Wildman–Crippen MR) is 112 cm³/mol. The van der Waals surface area contributed by atoms with Crippen LogP contribution in [0.3, 0.4) is 0 Å². The summed E-state index contributed by atoms with van der Waals surface area (Å²) in [5, 5.41) is 6.11. The monoisotopic (exact) mass is 395 g/mol. The van der Waals surface area contributed by atoms with E-state index in [0.29, 0.717) is 0 Å². The number of aromatic amines is 1. The van der Waals surface area contributed by atoms with Crippen LogP contribution in [0.15, 0.2) is 71.9 Å². The van der Waals surface area contributed by atoms with E-state index in [1.807, 2.05) is 36.5 Å². The second-order valence-electron chi connectivity index (χ2n) is 6.09. The number of hydrogen-bond acceptors (Lipinski definition) is 4. The van der Waals surface area contributed by atoms with Crippen molar-refractivity contribution in [3.8, 4) is 28.0 Å². The molecule has 0 aliphatic heterocycles. The van der Waals surface area contributed by atoms with Crippen molar-refractivity contribution in [2.24, 2.45) is 5.14 Å². The number of H-pyrrole nitrogens is 1. The number of methoxy groups -OCH3 is 1. The molecule has 4 aromatic rings. The second kappa shape index (κ2) is 7.46. The molecule has 0 saturated carbocycles. The summed E-state index contributed by atoms with van der Waals surface area (Å²) < 4.78 is 28.3. The Bertz CT molecular complexity index is 1230. The van der Waals surface area contributed by atoms with Gasteiger partial charge in [0.05, 0.1) is 12.0 Å². The number of fused-ring (bicyclic) bond motifs is 1. The fourth-order valence-corrected chi connectivity index (χ4v) is 3.60. The third-order valence-corrected chi connectivity index (χ3v) is 5.37. The van der Waals surface area contributed by atoms with Crippen molar-refractivity contribution in [3.05, 3.63) is 67.0 Å². The van der Waals surface area contributed by atoms with E-state index >= 15 is 0 Å². The minimum absolute atomic E-state index is 0. The number of pyridine rings is 1. The van der Waals surface area contributed by atoms with Gasteiger partial charge in [-0.15, -0.1) is 0 Å². The van der Waals surface area contributed by atoms with Crippen molar-refractivity contribution in [1.82, 2.24) is 9.97 Å². The van der Waals surface area contributed by atoms with Crippen LogP contribution in [0, 0.1) is 0 Å². The predicted octanol–water partition coefficient (Wildman–Crippen LogP) is 4.19. The fourth-order valence-electron chi connectivity index (χ4n) is 3.09. The molecule has 0 fully saturated rings. The first kappa shape index (κ1) is 19.6. The van der Waals surface area contributed by atoms with Gasteiger partial charge in [0.2, 0.25) is 10.0 Å². The first-order valence-electron chi connectivity index (χ1n) is 8.21. The Balaban J connectivity index is 0.00000225. The molecule has 0 unspecified atom stereocenters. The summed E-state index contributed by atoms with van der Waals surface area (Å²) >= 11 is 0. The molecule has 2 aromatic carbocycles. The van der Waals surface area contributed by atoms with Crippen molar-refractivity contribution >= 4 is 21.1 Å². The summed E-state index contributed by atoms with van der Waals surface area (Å²) in [4.78, 5) is 7.75. The molecule has 0 aliphatic rings. The summed E-state index contributed by atoms with van der Waals surface area (Å²) in [5.41, 5.74) is 4.44. The van der Waals surface area contributed by atoms with E-state index in [-0.39, 0.29) is 12.3 Å². The highest BCUT2D eigenvalue weighted by molar-refractivity contribution is 7.89. The van der Waals surface area contributed by atoms with Crippen molar-refractivity contribution in [2.45, 2.75) is 12.3 Å². The molecular weight excluding hydrogens is 374 g/mol. The third-order valence-electron chi connectivity index (χ3n) is 4.44. The molecule has 0 saturated heterocycles. The average molecular weight is 395 g/mol. The van der Waals surface area contributed by atoms with Crippen LogP contribution >= 0.6 is 0 Å². The largest absolute Gasteiger partial charge is 0.496 e. The molecule has 28 heavy (non-hydrogen) atoms. The van der Waals surface area contributed by atoms with Gasteiger partial charge in [0, 0.05) is 34.5 Å². The Kier molecular flexibility index (Phi) is 5.22. The Morgan fingerprint density at radius 1 is 1.00 bits per heavy atom. The lowest BCUT2D eigenvalue weighted by atomic mass is 10.0. The van der Waals surface area contributed by atoms with Crippen LogP contribution in [0.1, 0.15) is 7.43 Å². The Hall–Kier alpha value is -3.16. The molecule has 6 nitrogen and oxygen atoms in total. The quantitative estimate of drug-likeness (QED) is 0.541. The maximum Gasteiger partial charge on any atom is 0.238 e. The molecule has 2 aromatic heterocycles. The average Bonchev–Trinajstić information content (AvgIpc) is 3.10. The highest BCUT2D eigenvalue weighted by Gasteiger charge is 2.13. The Morgan fingerprint density at radius 2 is 1.71 bits per heavy atom. The smallest absolute Gasteiger partial charge is 0.238 e. The number of nitrogens with two attached hydrogens (primary N) is 1. The molecule has 0 bridgehead atoms. The van der Waals surface area contributed by atoms with Gasteiger partial charge in [-0.2, -0.15) is 0 Å².